The summed E-state index contributed by atoms with van der Waals surface area (Å²) in [6.07, 6.45) is -6.14. The molecule has 0 radical (unpaired) electrons. The molecule has 0 saturated carbocycles. The van der Waals surface area contributed by atoms with Crippen LogP contribution in [-0.4, -0.2) is 12.1 Å². The summed E-state index contributed by atoms with van der Waals surface area (Å²) < 4.78 is 57.4. The molecular formula is C25H14Cl3F3O5. The first-order valence-corrected chi connectivity index (χ1v) is 11.4. The fourth-order valence-electron chi connectivity index (χ4n) is 3.35. The minimum absolute atomic E-state index is 0.0463. The molecule has 4 aromatic rings. The van der Waals surface area contributed by atoms with Crippen LogP contribution in [0, 0.1) is 0 Å². The highest BCUT2D eigenvalue weighted by Crippen LogP contribution is 2.39. The Balaban J connectivity index is 1.69. The third-order valence-electron chi connectivity index (χ3n) is 5.01. The lowest BCUT2D eigenvalue weighted by atomic mass is 10.0. The van der Waals surface area contributed by atoms with E-state index in [0.717, 1.165) is 6.07 Å². The predicted molar refractivity (Wildman–Crippen MR) is 130 cm³/mol. The van der Waals surface area contributed by atoms with Gasteiger partial charge in [0.15, 0.2) is 6.10 Å². The van der Waals surface area contributed by atoms with Crippen molar-refractivity contribution in [3.63, 3.8) is 0 Å². The fourth-order valence-corrected chi connectivity index (χ4v) is 4.04. The first-order chi connectivity index (χ1) is 17.0. The summed E-state index contributed by atoms with van der Waals surface area (Å²) in [6.45, 7) is 1.39. The first kappa shape index (κ1) is 25.9. The number of benzene rings is 3. The Kier molecular flexibility index (Phi) is 7.22. The smallest absolute Gasteiger partial charge is 0.450 e. The molecule has 1 atom stereocenters. The van der Waals surface area contributed by atoms with Gasteiger partial charge in [0.25, 0.3) is 0 Å². The monoisotopic (exact) mass is 556 g/mol. The van der Waals surface area contributed by atoms with E-state index < -0.39 is 40.6 Å². The Bertz CT molecular complexity index is 1530. The van der Waals surface area contributed by atoms with E-state index in [1.54, 1.807) is 0 Å². The van der Waals surface area contributed by atoms with Gasteiger partial charge in [-0.2, -0.15) is 13.2 Å². The highest BCUT2D eigenvalue weighted by molar-refractivity contribution is 6.35. The number of alkyl halides is 3. The Hall–Kier alpha value is -3.20. The molecule has 1 heterocycles. The molecule has 186 valence electrons. The van der Waals surface area contributed by atoms with E-state index in [9.17, 15) is 22.8 Å². The quantitative estimate of drug-likeness (QED) is 0.185. The molecule has 5 nitrogen and oxygen atoms in total. The zero-order valence-corrected chi connectivity index (χ0v) is 20.4. The molecule has 0 spiro atoms. The molecule has 0 N–H and O–H groups in total. The Morgan fingerprint density at radius 2 is 1.69 bits per heavy atom. The second-order valence-corrected chi connectivity index (χ2v) is 8.78. The highest BCUT2D eigenvalue weighted by atomic mass is 35.5. The van der Waals surface area contributed by atoms with Crippen molar-refractivity contribution < 1.29 is 31.9 Å². The molecule has 3 aromatic carbocycles. The average Bonchev–Trinajstić information content (AvgIpc) is 2.80. The van der Waals surface area contributed by atoms with Gasteiger partial charge in [-0.05, 0) is 43.3 Å². The van der Waals surface area contributed by atoms with Crippen LogP contribution >= 0.6 is 34.8 Å². The van der Waals surface area contributed by atoms with Crippen LogP contribution in [0.25, 0.3) is 22.1 Å². The topological polar surface area (TPSA) is 65.7 Å². The molecule has 0 aliphatic rings. The number of hydrogen-bond acceptors (Lipinski definition) is 5. The van der Waals surface area contributed by atoms with Gasteiger partial charge in [-0.15, -0.1) is 0 Å². The van der Waals surface area contributed by atoms with Gasteiger partial charge < -0.3 is 13.9 Å². The van der Waals surface area contributed by atoms with Crippen LogP contribution in [0.15, 0.2) is 69.9 Å². The summed E-state index contributed by atoms with van der Waals surface area (Å²) in [5, 5.41) is 0.338. The number of esters is 1. The van der Waals surface area contributed by atoms with E-state index in [0.29, 0.717) is 5.02 Å². The molecular weight excluding hydrogens is 544 g/mol. The average molecular weight is 558 g/mol. The van der Waals surface area contributed by atoms with Crippen LogP contribution in [0.2, 0.25) is 15.1 Å². The van der Waals surface area contributed by atoms with Crippen LogP contribution in [0.3, 0.4) is 0 Å². The van der Waals surface area contributed by atoms with Crippen LogP contribution in [0.5, 0.6) is 11.5 Å². The molecule has 0 aliphatic carbocycles. The number of carbonyl (C=O) groups is 1. The lowest BCUT2D eigenvalue weighted by Crippen LogP contribution is -2.28. The maximum atomic E-state index is 13.9. The molecule has 0 fully saturated rings. The van der Waals surface area contributed by atoms with Crippen molar-refractivity contribution in [1.29, 1.82) is 0 Å². The summed E-state index contributed by atoms with van der Waals surface area (Å²) >= 11 is 17.9. The Morgan fingerprint density at radius 3 is 2.36 bits per heavy atom. The molecule has 0 aliphatic heterocycles. The van der Waals surface area contributed by atoms with Crippen molar-refractivity contribution in [2.24, 2.45) is 0 Å². The molecule has 4 rings (SSSR count). The summed E-state index contributed by atoms with van der Waals surface area (Å²) in [4.78, 5) is 25.6. The first-order valence-electron chi connectivity index (χ1n) is 10.2. The van der Waals surface area contributed by atoms with Crippen LogP contribution in [-0.2, 0) is 11.0 Å². The number of carbonyl (C=O) groups excluding carboxylic acids is 1. The molecule has 0 saturated heterocycles. The van der Waals surface area contributed by atoms with Crippen molar-refractivity contribution in [1.82, 2.24) is 0 Å². The van der Waals surface area contributed by atoms with Gasteiger partial charge in [0.2, 0.25) is 11.2 Å². The maximum Gasteiger partial charge on any atom is 0.450 e. The number of rotatable bonds is 5. The van der Waals surface area contributed by atoms with Crippen molar-refractivity contribution in [2.45, 2.75) is 19.2 Å². The summed E-state index contributed by atoms with van der Waals surface area (Å²) in [6, 6.07) is 13.5. The number of halogens is 6. The normalized spacial score (nSPS) is 12.4. The van der Waals surface area contributed by atoms with Gasteiger partial charge in [0.1, 0.15) is 17.1 Å². The summed E-state index contributed by atoms with van der Waals surface area (Å²) in [5.74, 6) is -2.37. The van der Waals surface area contributed by atoms with E-state index in [1.165, 1.54) is 61.5 Å². The van der Waals surface area contributed by atoms with Gasteiger partial charge in [-0.1, -0.05) is 53.0 Å². The van der Waals surface area contributed by atoms with Crippen LogP contribution in [0.4, 0.5) is 13.2 Å². The van der Waals surface area contributed by atoms with Gasteiger partial charge in [-0.3, -0.25) is 4.79 Å². The van der Waals surface area contributed by atoms with E-state index in [4.69, 9.17) is 48.7 Å². The van der Waals surface area contributed by atoms with E-state index >= 15 is 0 Å². The fraction of sp³-hybridized carbons (Fsp3) is 0.120. The minimum Gasteiger partial charge on any atom is -0.477 e. The van der Waals surface area contributed by atoms with E-state index in [1.807, 2.05) is 0 Å². The largest absolute Gasteiger partial charge is 0.477 e. The highest BCUT2D eigenvalue weighted by Gasteiger charge is 2.40. The molecule has 36 heavy (non-hydrogen) atoms. The second kappa shape index (κ2) is 10.0. The lowest BCUT2D eigenvalue weighted by Gasteiger charge is -2.16. The summed E-state index contributed by atoms with van der Waals surface area (Å²) in [5.41, 5.74) is -2.21. The molecule has 0 bridgehead atoms. The van der Waals surface area contributed by atoms with Crippen molar-refractivity contribution in [3.8, 4) is 22.6 Å². The van der Waals surface area contributed by atoms with Crippen molar-refractivity contribution >= 4 is 51.7 Å². The number of fused-ring (bicyclic) bond motifs is 1. The summed E-state index contributed by atoms with van der Waals surface area (Å²) in [7, 11) is 0. The van der Waals surface area contributed by atoms with Crippen molar-refractivity contribution in [2.75, 3.05) is 0 Å². The number of ether oxygens (including phenoxy) is 2. The van der Waals surface area contributed by atoms with E-state index in [-0.39, 0.29) is 32.5 Å². The Labute approximate surface area is 216 Å². The van der Waals surface area contributed by atoms with Gasteiger partial charge >= 0.3 is 12.1 Å². The Morgan fingerprint density at radius 1 is 0.972 bits per heavy atom. The molecule has 1 aromatic heterocycles. The van der Waals surface area contributed by atoms with Crippen LogP contribution < -0.4 is 14.9 Å². The standard InChI is InChI=1S/C25H14Cl3F3O5/c1-12(34-19-9-6-13(26)10-18(19)28)24(33)35-14-7-8-16-20(11-14)36-23(25(29,30)31)21(22(16)32)15-4-2-3-5-17(15)27/h2-12H,1H3. The SMILES string of the molecule is CC(Oc1ccc(Cl)cc1Cl)C(=O)Oc1ccc2c(=O)c(-c3ccccc3Cl)c(C(F)(F)F)oc2c1. The lowest BCUT2D eigenvalue weighted by molar-refractivity contribution is -0.152. The second-order valence-electron chi connectivity index (χ2n) is 7.53. The maximum absolute atomic E-state index is 13.9. The predicted octanol–water partition coefficient (Wildman–Crippen LogP) is 7.81. The van der Waals surface area contributed by atoms with Crippen LogP contribution in [0.1, 0.15) is 12.7 Å². The molecule has 0 amide bonds. The van der Waals surface area contributed by atoms with Gasteiger partial charge in [0, 0.05) is 21.7 Å². The zero-order valence-electron chi connectivity index (χ0n) is 18.2. The van der Waals surface area contributed by atoms with E-state index in [2.05, 4.69) is 0 Å². The van der Waals surface area contributed by atoms with Gasteiger partial charge in [0.05, 0.1) is 16.0 Å². The third kappa shape index (κ3) is 5.31. The molecule has 1 unspecified atom stereocenters. The minimum atomic E-state index is -5.01. The number of hydrogen-bond donors (Lipinski definition) is 0. The van der Waals surface area contributed by atoms with Gasteiger partial charge in [-0.25, -0.2) is 4.79 Å². The zero-order chi connectivity index (χ0) is 26.2. The third-order valence-corrected chi connectivity index (χ3v) is 5.87. The molecule has 11 heteroatoms. The van der Waals surface area contributed by atoms with Crippen molar-refractivity contribution in [3.05, 3.63) is 91.7 Å².